The van der Waals surface area contributed by atoms with Crippen molar-refractivity contribution < 1.29 is 14.3 Å². The third-order valence-electron chi connectivity index (χ3n) is 2.64. The maximum Gasteiger partial charge on any atom is 0.308 e. The van der Waals surface area contributed by atoms with E-state index in [1.165, 1.54) is 13.1 Å². The smallest absolute Gasteiger partial charge is 0.308 e. The normalized spacial score (nSPS) is 10.5. The lowest BCUT2D eigenvalue weighted by Gasteiger charge is -2.02. The van der Waals surface area contributed by atoms with Crippen LogP contribution in [0.4, 0.5) is 0 Å². The Balaban J connectivity index is 1.96. The summed E-state index contributed by atoms with van der Waals surface area (Å²) < 4.78 is 5.63. The molecule has 0 heterocycles. The number of carbonyl (C=O) groups is 2. The van der Waals surface area contributed by atoms with Crippen molar-refractivity contribution in [2.75, 3.05) is 0 Å². The first-order valence-electron chi connectivity index (χ1n) is 6.42. The molecule has 1 amide bonds. The number of nitrogens with one attached hydrogen (secondary N) is 1. The Bertz CT molecular complexity index is 712. The van der Waals surface area contributed by atoms with Gasteiger partial charge >= 0.3 is 5.97 Å². The fourth-order valence-electron chi connectivity index (χ4n) is 1.66. The molecule has 0 saturated heterocycles. The van der Waals surface area contributed by atoms with Gasteiger partial charge in [-0.3, -0.25) is 9.59 Å². The van der Waals surface area contributed by atoms with Gasteiger partial charge in [0.15, 0.2) is 0 Å². The van der Waals surface area contributed by atoms with Gasteiger partial charge in [-0.25, -0.2) is 5.43 Å². The highest BCUT2D eigenvalue weighted by molar-refractivity contribution is 9.10. The van der Waals surface area contributed by atoms with Crippen LogP contribution in [0.2, 0.25) is 0 Å². The first-order chi connectivity index (χ1) is 10.6. The highest BCUT2D eigenvalue weighted by Gasteiger charge is 2.07. The number of rotatable bonds is 4. The molecule has 0 aliphatic rings. The number of hydrazone groups is 1. The van der Waals surface area contributed by atoms with E-state index in [0.717, 1.165) is 5.56 Å². The van der Waals surface area contributed by atoms with Crippen LogP contribution in [0.5, 0.6) is 5.75 Å². The molecule has 0 atom stereocenters. The third-order valence-corrected chi connectivity index (χ3v) is 3.33. The van der Waals surface area contributed by atoms with E-state index in [0.29, 0.717) is 15.8 Å². The summed E-state index contributed by atoms with van der Waals surface area (Å²) >= 11 is 3.31. The van der Waals surface area contributed by atoms with Crippen LogP contribution in [0.15, 0.2) is 58.1 Å². The molecule has 2 aromatic rings. The molecule has 22 heavy (non-hydrogen) atoms. The van der Waals surface area contributed by atoms with Gasteiger partial charge in [-0.05, 0) is 57.9 Å². The third kappa shape index (κ3) is 4.53. The van der Waals surface area contributed by atoms with E-state index in [-0.39, 0.29) is 11.9 Å². The van der Waals surface area contributed by atoms with E-state index in [1.54, 1.807) is 42.5 Å². The van der Waals surface area contributed by atoms with Crippen LogP contribution < -0.4 is 10.2 Å². The summed E-state index contributed by atoms with van der Waals surface area (Å²) in [5.41, 5.74) is 3.72. The fourth-order valence-corrected chi connectivity index (χ4v) is 2.12. The van der Waals surface area contributed by atoms with E-state index < -0.39 is 0 Å². The molecule has 5 nitrogen and oxygen atoms in total. The first-order valence-corrected chi connectivity index (χ1v) is 7.22. The summed E-state index contributed by atoms with van der Waals surface area (Å²) in [5.74, 6) is -0.218. The van der Waals surface area contributed by atoms with Crippen LogP contribution in [-0.4, -0.2) is 18.1 Å². The van der Waals surface area contributed by atoms with Crippen molar-refractivity contribution in [3.8, 4) is 5.75 Å². The van der Waals surface area contributed by atoms with Gasteiger partial charge < -0.3 is 4.74 Å². The number of carbonyl (C=O) groups excluding carboxylic acids is 2. The number of benzene rings is 2. The number of ether oxygens (including phenoxy) is 1. The van der Waals surface area contributed by atoms with Crippen molar-refractivity contribution in [2.45, 2.75) is 6.92 Å². The Kier molecular flexibility index (Phi) is 5.43. The summed E-state index contributed by atoms with van der Waals surface area (Å²) in [4.78, 5) is 22.7. The second kappa shape index (κ2) is 7.51. The number of hydrogen-bond donors (Lipinski definition) is 1. The Hall–Kier alpha value is -2.47. The average molecular weight is 361 g/mol. The van der Waals surface area contributed by atoms with E-state index in [9.17, 15) is 9.59 Å². The van der Waals surface area contributed by atoms with Crippen LogP contribution in [-0.2, 0) is 4.79 Å². The van der Waals surface area contributed by atoms with Crippen molar-refractivity contribution in [1.82, 2.24) is 5.43 Å². The summed E-state index contributed by atoms with van der Waals surface area (Å²) in [7, 11) is 0. The molecule has 6 heteroatoms. The molecule has 0 aliphatic heterocycles. The fraction of sp³-hybridized carbons (Fsp3) is 0.0625. The zero-order valence-corrected chi connectivity index (χ0v) is 13.3. The summed E-state index contributed by atoms with van der Waals surface area (Å²) in [6.07, 6.45) is 1.51. The summed E-state index contributed by atoms with van der Waals surface area (Å²) in [6.45, 7) is 1.34. The predicted molar refractivity (Wildman–Crippen MR) is 87.0 cm³/mol. The molecular weight excluding hydrogens is 348 g/mol. The van der Waals surface area contributed by atoms with Crippen molar-refractivity contribution in [1.29, 1.82) is 0 Å². The highest BCUT2D eigenvalue weighted by Crippen LogP contribution is 2.15. The number of halogens is 1. The quantitative estimate of drug-likeness (QED) is 0.394. The topological polar surface area (TPSA) is 67.8 Å². The first kappa shape index (κ1) is 15.9. The minimum Gasteiger partial charge on any atom is -0.427 e. The van der Waals surface area contributed by atoms with Crippen molar-refractivity contribution in [2.24, 2.45) is 5.10 Å². The second-order valence-electron chi connectivity index (χ2n) is 4.34. The molecule has 0 aliphatic carbocycles. The molecule has 112 valence electrons. The van der Waals surface area contributed by atoms with Gasteiger partial charge in [0, 0.05) is 11.4 Å². The lowest BCUT2D eigenvalue weighted by Crippen LogP contribution is -2.18. The average Bonchev–Trinajstić information content (AvgIpc) is 2.49. The number of amides is 1. The van der Waals surface area contributed by atoms with Crippen molar-refractivity contribution >= 4 is 34.0 Å². The van der Waals surface area contributed by atoms with E-state index in [2.05, 4.69) is 26.5 Å². The Morgan fingerprint density at radius 2 is 1.82 bits per heavy atom. The highest BCUT2D eigenvalue weighted by atomic mass is 79.9. The number of hydrogen-bond acceptors (Lipinski definition) is 4. The Labute approximate surface area is 136 Å². The van der Waals surface area contributed by atoms with Crippen LogP contribution in [0.3, 0.4) is 0 Å². The van der Waals surface area contributed by atoms with Gasteiger partial charge in [0.05, 0.1) is 11.8 Å². The minimum atomic E-state index is -0.373. The lowest BCUT2D eigenvalue weighted by atomic mass is 10.2. The molecular formula is C16H13BrN2O3. The molecule has 0 spiro atoms. The predicted octanol–water partition coefficient (Wildman–Crippen LogP) is 3.14. The maximum atomic E-state index is 11.9. The maximum absolute atomic E-state index is 11.9. The van der Waals surface area contributed by atoms with Gasteiger partial charge in [-0.15, -0.1) is 0 Å². The van der Waals surface area contributed by atoms with E-state index >= 15 is 0 Å². The lowest BCUT2D eigenvalue weighted by molar-refractivity contribution is -0.131. The van der Waals surface area contributed by atoms with Gasteiger partial charge in [-0.1, -0.05) is 12.1 Å². The Morgan fingerprint density at radius 1 is 1.14 bits per heavy atom. The molecule has 2 aromatic carbocycles. The van der Waals surface area contributed by atoms with Crippen molar-refractivity contribution in [3.05, 3.63) is 64.1 Å². The largest absolute Gasteiger partial charge is 0.427 e. The van der Waals surface area contributed by atoms with Crippen LogP contribution >= 0.6 is 15.9 Å². The molecule has 0 saturated carbocycles. The van der Waals surface area contributed by atoms with Crippen LogP contribution in [0, 0.1) is 0 Å². The Morgan fingerprint density at radius 3 is 2.45 bits per heavy atom. The molecule has 0 bridgehead atoms. The van der Waals surface area contributed by atoms with Crippen LogP contribution in [0.1, 0.15) is 22.8 Å². The molecule has 0 fully saturated rings. The number of esters is 1. The van der Waals surface area contributed by atoms with E-state index in [1.807, 2.05) is 6.07 Å². The van der Waals surface area contributed by atoms with E-state index in [4.69, 9.17) is 4.74 Å². The zero-order valence-electron chi connectivity index (χ0n) is 11.7. The molecule has 0 aromatic heterocycles. The van der Waals surface area contributed by atoms with Gasteiger partial charge in [0.25, 0.3) is 5.91 Å². The molecule has 2 rings (SSSR count). The summed E-state index contributed by atoms with van der Waals surface area (Å²) in [5, 5.41) is 3.90. The van der Waals surface area contributed by atoms with Crippen LogP contribution in [0.25, 0.3) is 0 Å². The minimum absolute atomic E-state index is 0.305. The molecule has 0 radical (unpaired) electrons. The number of nitrogens with zero attached hydrogens (tertiary/aromatic N) is 1. The monoisotopic (exact) mass is 360 g/mol. The SMILES string of the molecule is CC(=O)Oc1ccc(/C=N/NC(=O)c2ccccc2Br)cc1. The molecule has 1 N–H and O–H groups in total. The zero-order chi connectivity index (χ0) is 15.9. The standard InChI is InChI=1S/C16H13BrN2O3/c1-11(20)22-13-8-6-12(7-9-13)10-18-19-16(21)14-4-2-3-5-15(14)17/h2-10H,1H3,(H,19,21)/b18-10+. The van der Waals surface area contributed by atoms with Gasteiger partial charge in [0.1, 0.15) is 5.75 Å². The molecule has 0 unspecified atom stereocenters. The van der Waals surface area contributed by atoms with Gasteiger partial charge in [-0.2, -0.15) is 5.10 Å². The van der Waals surface area contributed by atoms with Crippen molar-refractivity contribution in [3.63, 3.8) is 0 Å². The summed E-state index contributed by atoms with van der Waals surface area (Å²) in [6, 6.07) is 13.8. The van der Waals surface area contributed by atoms with Gasteiger partial charge in [0.2, 0.25) is 0 Å². The second-order valence-corrected chi connectivity index (χ2v) is 5.20.